The van der Waals surface area contributed by atoms with Gasteiger partial charge < -0.3 is 10.0 Å². The number of carboxylic acid groups (broad SMARTS) is 1. The van der Waals surface area contributed by atoms with Gasteiger partial charge in [-0.2, -0.15) is 0 Å². The third kappa shape index (κ3) is 3.38. The lowest BCUT2D eigenvalue weighted by Gasteiger charge is -2.01. The Bertz CT molecular complexity index is 626. The lowest BCUT2D eigenvalue weighted by Crippen LogP contribution is -2.09. The number of benzene rings is 1. The van der Waals surface area contributed by atoms with Gasteiger partial charge in [-0.15, -0.1) is 11.3 Å². The van der Waals surface area contributed by atoms with Gasteiger partial charge in [0.2, 0.25) is 0 Å². The summed E-state index contributed by atoms with van der Waals surface area (Å²) in [7, 11) is 3.56. The molecule has 0 amide bonds. The molecule has 0 fully saturated rings. The van der Waals surface area contributed by atoms with Crippen molar-refractivity contribution in [3.8, 4) is 0 Å². The van der Waals surface area contributed by atoms with Crippen molar-refractivity contribution in [1.29, 1.82) is 0 Å². The quantitative estimate of drug-likeness (QED) is 0.528. The van der Waals surface area contributed by atoms with Crippen LogP contribution in [0, 0.1) is 0 Å². The smallest absolute Gasteiger partial charge is 0.354 e. The number of hydrogen-bond acceptors (Lipinski definition) is 4. The lowest BCUT2D eigenvalue weighted by molar-refractivity contribution is -0.132. The maximum absolute atomic E-state index is 11.1. The zero-order valence-electron chi connectivity index (χ0n) is 10.6. The molecule has 0 saturated carbocycles. The summed E-state index contributed by atoms with van der Waals surface area (Å²) in [4.78, 5) is 21.1. The summed E-state index contributed by atoms with van der Waals surface area (Å²) >= 11 is 1.44. The highest BCUT2D eigenvalue weighted by Gasteiger charge is 2.08. The van der Waals surface area contributed by atoms with Crippen molar-refractivity contribution in [3.63, 3.8) is 0 Å². The van der Waals surface area contributed by atoms with Crippen LogP contribution in [0.4, 0.5) is 0 Å². The van der Waals surface area contributed by atoms with E-state index >= 15 is 0 Å². The number of hydrogen-bond donors (Lipinski definition) is 1. The number of thiazole rings is 1. The van der Waals surface area contributed by atoms with Crippen molar-refractivity contribution in [2.75, 3.05) is 14.1 Å². The van der Waals surface area contributed by atoms with Gasteiger partial charge in [0.25, 0.3) is 0 Å². The van der Waals surface area contributed by atoms with E-state index in [0.29, 0.717) is 5.01 Å². The van der Waals surface area contributed by atoms with E-state index in [4.69, 9.17) is 5.11 Å². The first-order chi connectivity index (χ1) is 9.06. The molecule has 0 aliphatic rings. The lowest BCUT2D eigenvalue weighted by atomic mass is 10.3. The van der Waals surface area contributed by atoms with Crippen LogP contribution in [0.15, 0.2) is 35.0 Å². The standard InChI is InChI=1S/C13H13N3O2S/c1-16(2)8-14-10(13(17)18)7-12-15-9-5-3-4-6-11(9)19-12/h3-8H,1-2H3,(H,17,18)/b10-7-,14-8?. The fourth-order valence-corrected chi connectivity index (χ4v) is 2.31. The third-order valence-corrected chi connectivity index (χ3v) is 3.20. The zero-order valence-corrected chi connectivity index (χ0v) is 11.4. The minimum absolute atomic E-state index is 0.0345. The number of fused-ring (bicyclic) bond motifs is 1. The molecule has 2 aromatic rings. The van der Waals surface area contributed by atoms with Crippen LogP contribution in [0.1, 0.15) is 5.01 Å². The van der Waals surface area contributed by atoms with E-state index in [2.05, 4.69) is 9.98 Å². The minimum atomic E-state index is -1.07. The summed E-state index contributed by atoms with van der Waals surface area (Å²) in [6.07, 6.45) is 2.93. The van der Waals surface area contributed by atoms with E-state index in [1.165, 1.54) is 23.8 Å². The Hall–Kier alpha value is -2.21. The van der Waals surface area contributed by atoms with E-state index in [9.17, 15) is 4.79 Å². The minimum Gasteiger partial charge on any atom is -0.477 e. The summed E-state index contributed by atoms with van der Waals surface area (Å²) in [5.74, 6) is -1.07. The first-order valence-corrected chi connectivity index (χ1v) is 6.39. The second-order valence-corrected chi connectivity index (χ2v) is 5.12. The maximum Gasteiger partial charge on any atom is 0.354 e. The van der Waals surface area contributed by atoms with Crippen molar-refractivity contribution in [1.82, 2.24) is 9.88 Å². The molecular weight excluding hydrogens is 262 g/mol. The Morgan fingerprint density at radius 2 is 2.16 bits per heavy atom. The van der Waals surface area contributed by atoms with Crippen molar-refractivity contribution in [3.05, 3.63) is 35.0 Å². The fourth-order valence-electron chi connectivity index (χ4n) is 1.40. The highest BCUT2D eigenvalue weighted by molar-refractivity contribution is 7.19. The van der Waals surface area contributed by atoms with E-state index in [0.717, 1.165) is 10.2 Å². The molecule has 0 unspecified atom stereocenters. The molecule has 0 spiro atoms. The van der Waals surface area contributed by atoms with Crippen molar-refractivity contribution < 1.29 is 9.90 Å². The number of carboxylic acids is 1. The largest absolute Gasteiger partial charge is 0.477 e. The van der Waals surface area contributed by atoms with Gasteiger partial charge in [0.05, 0.1) is 16.6 Å². The van der Waals surface area contributed by atoms with Crippen molar-refractivity contribution >= 4 is 39.9 Å². The molecule has 98 valence electrons. The number of aliphatic imine (C=N–C) groups is 1. The summed E-state index contributed by atoms with van der Waals surface area (Å²) in [6, 6.07) is 7.68. The number of rotatable bonds is 4. The molecule has 0 aliphatic heterocycles. The third-order valence-electron chi connectivity index (χ3n) is 2.22. The number of carbonyl (C=O) groups is 1. The highest BCUT2D eigenvalue weighted by atomic mass is 32.1. The molecule has 6 heteroatoms. The molecule has 0 saturated heterocycles. The molecular formula is C13H13N3O2S. The molecule has 1 N–H and O–H groups in total. The Morgan fingerprint density at radius 3 is 2.79 bits per heavy atom. The number of para-hydroxylation sites is 1. The molecule has 0 atom stereocenters. The van der Waals surface area contributed by atoms with Gasteiger partial charge >= 0.3 is 5.97 Å². The Kier molecular flexibility index (Phi) is 3.91. The van der Waals surface area contributed by atoms with E-state index in [-0.39, 0.29) is 5.70 Å². The number of aromatic nitrogens is 1. The average molecular weight is 275 g/mol. The molecule has 1 aromatic heterocycles. The van der Waals surface area contributed by atoms with Crippen LogP contribution in [-0.4, -0.2) is 41.4 Å². The Balaban J connectivity index is 2.37. The normalized spacial score (nSPS) is 12.2. The summed E-state index contributed by atoms with van der Waals surface area (Å²) in [5, 5.41) is 9.73. The van der Waals surface area contributed by atoms with E-state index < -0.39 is 5.97 Å². The molecule has 5 nitrogen and oxygen atoms in total. The predicted molar refractivity (Wildman–Crippen MR) is 77.4 cm³/mol. The van der Waals surface area contributed by atoms with Gasteiger partial charge in [-0.1, -0.05) is 12.1 Å². The molecule has 19 heavy (non-hydrogen) atoms. The molecule has 1 heterocycles. The van der Waals surface area contributed by atoms with Crippen LogP contribution in [-0.2, 0) is 4.79 Å². The fraction of sp³-hybridized carbons (Fsp3) is 0.154. The summed E-state index contributed by atoms with van der Waals surface area (Å²) in [6.45, 7) is 0. The summed E-state index contributed by atoms with van der Waals surface area (Å²) in [5.41, 5.74) is 0.827. The molecule has 0 aliphatic carbocycles. The van der Waals surface area contributed by atoms with Crippen LogP contribution in [0.3, 0.4) is 0 Å². The zero-order chi connectivity index (χ0) is 13.8. The SMILES string of the molecule is CN(C)C=N/C(=C\c1nc2ccccc2s1)C(=O)O. The summed E-state index contributed by atoms with van der Waals surface area (Å²) < 4.78 is 1.02. The van der Waals surface area contributed by atoms with Crippen LogP contribution in [0.25, 0.3) is 16.3 Å². The van der Waals surface area contributed by atoms with Crippen LogP contribution in [0.2, 0.25) is 0 Å². The highest BCUT2D eigenvalue weighted by Crippen LogP contribution is 2.23. The van der Waals surface area contributed by atoms with Crippen LogP contribution in [0.5, 0.6) is 0 Å². The van der Waals surface area contributed by atoms with Gasteiger partial charge in [-0.3, -0.25) is 0 Å². The van der Waals surface area contributed by atoms with Crippen LogP contribution < -0.4 is 0 Å². The van der Waals surface area contributed by atoms with Crippen molar-refractivity contribution in [2.45, 2.75) is 0 Å². The average Bonchev–Trinajstić information content (AvgIpc) is 2.76. The van der Waals surface area contributed by atoms with Crippen molar-refractivity contribution in [2.24, 2.45) is 4.99 Å². The number of nitrogens with zero attached hydrogens (tertiary/aromatic N) is 3. The Labute approximate surface area is 114 Å². The molecule has 2 rings (SSSR count). The van der Waals surface area contributed by atoms with E-state index in [1.807, 2.05) is 24.3 Å². The van der Waals surface area contributed by atoms with Gasteiger partial charge in [0, 0.05) is 20.2 Å². The predicted octanol–water partition coefficient (Wildman–Crippen LogP) is 2.31. The van der Waals surface area contributed by atoms with Gasteiger partial charge in [-0.25, -0.2) is 14.8 Å². The van der Waals surface area contributed by atoms with Gasteiger partial charge in [-0.05, 0) is 12.1 Å². The topological polar surface area (TPSA) is 65.8 Å². The molecule has 1 aromatic carbocycles. The van der Waals surface area contributed by atoms with Crippen LogP contribution >= 0.6 is 11.3 Å². The second kappa shape index (κ2) is 5.62. The first kappa shape index (κ1) is 13.2. The first-order valence-electron chi connectivity index (χ1n) is 5.57. The Morgan fingerprint density at radius 1 is 1.42 bits per heavy atom. The molecule has 0 radical (unpaired) electrons. The van der Waals surface area contributed by atoms with Gasteiger partial charge in [0.1, 0.15) is 5.01 Å². The molecule has 0 bridgehead atoms. The monoisotopic (exact) mass is 275 g/mol. The number of aliphatic carboxylic acids is 1. The maximum atomic E-state index is 11.1. The second-order valence-electron chi connectivity index (χ2n) is 4.06. The van der Waals surface area contributed by atoms with Gasteiger partial charge in [0.15, 0.2) is 5.70 Å². The van der Waals surface area contributed by atoms with E-state index in [1.54, 1.807) is 19.0 Å².